The van der Waals surface area contributed by atoms with E-state index in [0.717, 1.165) is 35.6 Å². The molecule has 0 radical (unpaired) electrons. The van der Waals surface area contributed by atoms with Crippen LogP contribution in [0.2, 0.25) is 0 Å². The van der Waals surface area contributed by atoms with Gasteiger partial charge < -0.3 is 4.74 Å². The van der Waals surface area contributed by atoms with Crippen LogP contribution < -0.4 is 4.74 Å². The molecule has 0 bridgehead atoms. The van der Waals surface area contributed by atoms with Crippen LogP contribution in [0.4, 0.5) is 0 Å². The van der Waals surface area contributed by atoms with Crippen LogP contribution in [0.5, 0.6) is 5.75 Å². The molecule has 2 atom stereocenters. The summed E-state index contributed by atoms with van der Waals surface area (Å²) in [5.74, 6) is 2.06. The SMILES string of the molecule is CCC1CCCC(C(=O)c2ccc(C)c(OC)c2)C1. The fraction of sp³-hybridized carbons (Fsp3) is 0.588. The molecule has 0 heterocycles. The molecule has 2 heteroatoms. The summed E-state index contributed by atoms with van der Waals surface area (Å²) in [5, 5.41) is 0. The Hall–Kier alpha value is -1.31. The molecule has 0 saturated heterocycles. The smallest absolute Gasteiger partial charge is 0.166 e. The van der Waals surface area contributed by atoms with Crippen molar-refractivity contribution in [3.05, 3.63) is 29.3 Å². The summed E-state index contributed by atoms with van der Waals surface area (Å²) >= 11 is 0. The fourth-order valence-electron chi connectivity index (χ4n) is 3.11. The van der Waals surface area contributed by atoms with Gasteiger partial charge in [0.15, 0.2) is 5.78 Å². The van der Waals surface area contributed by atoms with Gasteiger partial charge in [0.2, 0.25) is 0 Å². The van der Waals surface area contributed by atoms with Crippen LogP contribution in [0.1, 0.15) is 54.9 Å². The molecule has 0 spiro atoms. The summed E-state index contributed by atoms with van der Waals surface area (Å²) in [4.78, 5) is 12.6. The van der Waals surface area contributed by atoms with E-state index in [1.165, 1.54) is 19.3 Å². The number of hydrogen-bond donors (Lipinski definition) is 0. The van der Waals surface area contributed by atoms with Crippen molar-refractivity contribution in [2.45, 2.75) is 46.0 Å². The molecular formula is C17H24O2. The molecule has 1 aromatic rings. The number of rotatable bonds is 4. The molecule has 0 aromatic heterocycles. The van der Waals surface area contributed by atoms with Crippen molar-refractivity contribution in [3.8, 4) is 5.75 Å². The van der Waals surface area contributed by atoms with Crippen LogP contribution in [-0.4, -0.2) is 12.9 Å². The number of ketones is 1. The number of aryl methyl sites for hydroxylation is 1. The number of methoxy groups -OCH3 is 1. The highest BCUT2D eigenvalue weighted by Crippen LogP contribution is 2.33. The molecule has 0 N–H and O–H groups in total. The molecule has 1 aliphatic rings. The zero-order valence-corrected chi connectivity index (χ0v) is 12.2. The summed E-state index contributed by atoms with van der Waals surface area (Å²) < 4.78 is 5.31. The van der Waals surface area contributed by atoms with Gasteiger partial charge in [0, 0.05) is 11.5 Å². The van der Waals surface area contributed by atoms with E-state index in [2.05, 4.69) is 6.92 Å². The number of carbonyl (C=O) groups excluding carboxylic acids is 1. The highest BCUT2D eigenvalue weighted by atomic mass is 16.5. The van der Waals surface area contributed by atoms with Crippen molar-refractivity contribution in [1.29, 1.82) is 0 Å². The lowest BCUT2D eigenvalue weighted by atomic mass is 9.77. The van der Waals surface area contributed by atoms with Crippen molar-refractivity contribution in [2.75, 3.05) is 7.11 Å². The molecule has 1 aromatic carbocycles. The maximum absolute atomic E-state index is 12.6. The Balaban J connectivity index is 2.14. The predicted octanol–water partition coefficient (Wildman–Crippen LogP) is 4.40. The predicted molar refractivity (Wildman–Crippen MR) is 77.8 cm³/mol. The standard InChI is InChI=1S/C17H24O2/c1-4-13-6-5-7-14(10-13)17(18)15-9-8-12(2)16(11-15)19-3/h8-9,11,13-14H,4-7,10H2,1-3H3. The van der Waals surface area contributed by atoms with Crippen LogP contribution in [-0.2, 0) is 0 Å². The van der Waals surface area contributed by atoms with Gasteiger partial charge in [-0.15, -0.1) is 0 Å². The van der Waals surface area contributed by atoms with Gasteiger partial charge in [-0.2, -0.15) is 0 Å². The lowest BCUT2D eigenvalue weighted by molar-refractivity contribution is 0.0861. The van der Waals surface area contributed by atoms with E-state index in [4.69, 9.17) is 4.74 Å². The maximum atomic E-state index is 12.6. The van der Waals surface area contributed by atoms with Gasteiger partial charge in [-0.05, 0) is 37.3 Å². The average Bonchev–Trinajstić information content (AvgIpc) is 2.47. The van der Waals surface area contributed by atoms with Crippen molar-refractivity contribution >= 4 is 5.78 Å². The molecule has 2 nitrogen and oxygen atoms in total. The minimum atomic E-state index is 0.214. The lowest BCUT2D eigenvalue weighted by Gasteiger charge is -2.27. The number of Topliss-reactive ketones (excluding diaryl/α,β-unsaturated/α-hetero) is 1. The molecule has 0 aliphatic heterocycles. The topological polar surface area (TPSA) is 26.3 Å². The minimum absolute atomic E-state index is 0.214. The van der Waals surface area contributed by atoms with Crippen molar-refractivity contribution in [2.24, 2.45) is 11.8 Å². The van der Waals surface area contributed by atoms with E-state index in [1.807, 2.05) is 25.1 Å². The third-order valence-corrected chi connectivity index (χ3v) is 4.42. The monoisotopic (exact) mass is 260 g/mol. The first-order valence-corrected chi connectivity index (χ1v) is 7.34. The zero-order valence-electron chi connectivity index (χ0n) is 12.2. The molecule has 19 heavy (non-hydrogen) atoms. The third kappa shape index (κ3) is 3.17. The Kier molecular flexibility index (Phi) is 4.62. The molecule has 0 amide bonds. The van der Waals surface area contributed by atoms with Gasteiger partial charge in [0.05, 0.1) is 7.11 Å². The van der Waals surface area contributed by atoms with Crippen LogP contribution >= 0.6 is 0 Å². The summed E-state index contributed by atoms with van der Waals surface area (Å²) in [6.45, 7) is 4.23. The van der Waals surface area contributed by atoms with Gasteiger partial charge in [0.25, 0.3) is 0 Å². The van der Waals surface area contributed by atoms with E-state index < -0.39 is 0 Å². The first kappa shape index (κ1) is 14.1. The Bertz CT molecular complexity index is 451. The fourth-order valence-corrected chi connectivity index (χ4v) is 3.11. The summed E-state index contributed by atoms with van der Waals surface area (Å²) in [6.07, 6.45) is 5.79. The van der Waals surface area contributed by atoms with E-state index in [0.29, 0.717) is 5.78 Å². The normalized spacial score (nSPS) is 23.1. The minimum Gasteiger partial charge on any atom is -0.496 e. The molecule has 1 fully saturated rings. The second kappa shape index (κ2) is 6.23. The second-order valence-corrected chi connectivity index (χ2v) is 5.69. The Morgan fingerprint density at radius 2 is 2.16 bits per heavy atom. The summed E-state index contributed by atoms with van der Waals surface area (Å²) in [6, 6.07) is 5.81. The van der Waals surface area contributed by atoms with E-state index >= 15 is 0 Å². The number of benzene rings is 1. The molecule has 2 unspecified atom stereocenters. The summed E-state index contributed by atoms with van der Waals surface area (Å²) in [7, 11) is 1.66. The maximum Gasteiger partial charge on any atom is 0.166 e. The van der Waals surface area contributed by atoms with E-state index in [9.17, 15) is 4.79 Å². The largest absolute Gasteiger partial charge is 0.496 e. The Labute approximate surface area is 116 Å². The first-order chi connectivity index (χ1) is 9.15. The lowest BCUT2D eigenvalue weighted by Crippen LogP contribution is -2.22. The number of hydrogen-bond acceptors (Lipinski definition) is 2. The third-order valence-electron chi connectivity index (χ3n) is 4.42. The molecule has 1 aliphatic carbocycles. The average molecular weight is 260 g/mol. The molecule has 104 valence electrons. The Morgan fingerprint density at radius 1 is 1.37 bits per heavy atom. The van der Waals surface area contributed by atoms with Crippen LogP contribution in [0, 0.1) is 18.8 Å². The van der Waals surface area contributed by atoms with E-state index in [1.54, 1.807) is 7.11 Å². The molecule has 2 rings (SSSR count). The van der Waals surface area contributed by atoms with Crippen molar-refractivity contribution in [3.63, 3.8) is 0 Å². The number of ether oxygens (including phenoxy) is 1. The van der Waals surface area contributed by atoms with E-state index in [-0.39, 0.29) is 5.92 Å². The molecule has 1 saturated carbocycles. The molecular weight excluding hydrogens is 236 g/mol. The Morgan fingerprint density at radius 3 is 2.84 bits per heavy atom. The second-order valence-electron chi connectivity index (χ2n) is 5.69. The van der Waals surface area contributed by atoms with Gasteiger partial charge in [0.1, 0.15) is 5.75 Å². The zero-order chi connectivity index (χ0) is 13.8. The first-order valence-electron chi connectivity index (χ1n) is 7.34. The van der Waals surface area contributed by atoms with Crippen molar-refractivity contribution < 1.29 is 9.53 Å². The van der Waals surface area contributed by atoms with Crippen molar-refractivity contribution in [1.82, 2.24) is 0 Å². The van der Waals surface area contributed by atoms with Gasteiger partial charge >= 0.3 is 0 Å². The highest BCUT2D eigenvalue weighted by Gasteiger charge is 2.27. The summed E-state index contributed by atoms with van der Waals surface area (Å²) in [5.41, 5.74) is 1.89. The van der Waals surface area contributed by atoms with Crippen LogP contribution in [0.15, 0.2) is 18.2 Å². The van der Waals surface area contributed by atoms with Crippen LogP contribution in [0.25, 0.3) is 0 Å². The van der Waals surface area contributed by atoms with Gasteiger partial charge in [-0.3, -0.25) is 4.79 Å². The quantitative estimate of drug-likeness (QED) is 0.750. The highest BCUT2D eigenvalue weighted by molar-refractivity contribution is 5.98. The number of carbonyl (C=O) groups is 1. The van der Waals surface area contributed by atoms with Crippen LogP contribution in [0.3, 0.4) is 0 Å². The van der Waals surface area contributed by atoms with Gasteiger partial charge in [-0.1, -0.05) is 38.3 Å². The van der Waals surface area contributed by atoms with Gasteiger partial charge in [-0.25, -0.2) is 0 Å².